The summed E-state index contributed by atoms with van der Waals surface area (Å²) in [5.41, 5.74) is 0.467. The number of piperidine rings is 1. The van der Waals surface area contributed by atoms with Crippen LogP contribution in [0.25, 0.3) is 0 Å². The van der Waals surface area contributed by atoms with Gasteiger partial charge in [-0.2, -0.15) is 0 Å². The molecule has 0 unspecified atom stereocenters. The lowest BCUT2D eigenvalue weighted by molar-refractivity contribution is -0.119. The van der Waals surface area contributed by atoms with Crippen molar-refractivity contribution in [3.05, 3.63) is 0 Å². The predicted molar refractivity (Wildman–Crippen MR) is 71.0 cm³/mol. The fourth-order valence-electron chi connectivity index (χ4n) is 2.70. The summed E-state index contributed by atoms with van der Waals surface area (Å²) in [4.78, 5) is 2.46. The third-order valence-electron chi connectivity index (χ3n) is 3.54. The molecule has 1 rings (SSSR count). The normalized spacial score (nSPS) is 20.1. The second-order valence-corrected chi connectivity index (χ2v) is 6.41. The van der Waals surface area contributed by atoms with E-state index in [9.17, 15) is 0 Å². The van der Waals surface area contributed by atoms with Crippen LogP contribution >= 0.6 is 0 Å². The first-order chi connectivity index (χ1) is 7.94. The van der Waals surface area contributed by atoms with Crippen molar-refractivity contribution >= 4 is 0 Å². The van der Waals surface area contributed by atoms with Crippen molar-refractivity contribution in [1.29, 1.82) is 0 Å². The van der Waals surface area contributed by atoms with Gasteiger partial charge in [0.15, 0.2) is 6.29 Å². The van der Waals surface area contributed by atoms with Gasteiger partial charge in [-0.1, -0.05) is 20.8 Å². The molecule has 0 N–H and O–H groups in total. The zero-order valence-corrected chi connectivity index (χ0v) is 12.2. The molecule has 0 atom stereocenters. The van der Waals surface area contributed by atoms with Gasteiger partial charge in [-0.3, -0.25) is 4.90 Å². The van der Waals surface area contributed by atoms with E-state index in [2.05, 4.69) is 25.7 Å². The van der Waals surface area contributed by atoms with Gasteiger partial charge in [0.05, 0.1) is 0 Å². The molecule has 17 heavy (non-hydrogen) atoms. The molecule has 102 valence electrons. The maximum Gasteiger partial charge on any atom is 0.169 e. The van der Waals surface area contributed by atoms with Crippen molar-refractivity contribution in [2.75, 3.05) is 33.9 Å². The van der Waals surface area contributed by atoms with Crippen molar-refractivity contribution in [3.63, 3.8) is 0 Å². The molecule has 1 heterocycles. The molecule has 0 aromatic rings. The third kappa shape index (κ3) is 5.84. The van der Waals surface area contributed by atoms with E-state index in [0.29, 0.717) is 5.41 Å². The van der Waals surface area contributed by atoms with Crippen LogP contribution in [0.1, 0.15) is 40.0 Å². The lowest BCUT2D eigenvalue weighted by Crippen LogP contribution is -2.40. The Balaban J connectivity index is 2.26. The zero-order valence-electron chi connectivity index (χ0n) is 12.2. The molecule has 0 spiro atoms. The van der Waals surface area contributed by atoms with Gasteiger partial charge < -0.3 is 9.47 Å². The van der Waals surface area contributed by atoms with Crippen LogP contribution in [0.2, 0.25) is 0 Å². The predicted octanol–water partition coefficient (Wildman–Crippen LogP) is 2.75. The van der Waals surface area contributed by atoms with Gasteiger partial charge in [0.25, 0.3) is 0 Å². The molecule has 0 amide bonds. The Morgan fingerprint density at radius 1 is 1.12 bits per heavy atom. The summed E-state index contributed by atoms with van der Waals surface area (Å²) in [7, 11) is 3.42. The number of nitrogens with zero attached hydrogens (tertiary/aromatic N) is 1. The Kier molecular flexibility index (Phi) is 5.90. The molecule has 3 heteroatoms. The van der Waals surface area contributed by atoms with E-state index in [1.165, 1.54) is 32.4 Å². The first kappa shape index (κ1) is 14.9. The van der Waals surface area contributed by atoms with Crippen LogP contribution < -0.4 is 0 Å². The highest BCUT2D eigenvalue weighted by atomic mass is 16.7. The van der Waals surface area contributed by atoms with Gasteiger partial charge in [-0.15, -0.1) is 0 Å². The topological polar surface area (TPSA) is 21.7 Å². The minimum Gasteiger partial charge on any atom is -0.355 e. The molecule has 1 aliphatic rings. The van der Waals surface area contributed by atoms with E-state index < -0.39 is 0 Å². The molecule has 0 radical (unpaired) electrons. The first-order valence-corrected chi connectivity index (χ1v) is 6.72. The summed E-state index contributed by atoms with van der Waals surface area (Å²) in [6.45, 7) is 10.3. The van der Waals surface area contributed by atoms with E-state index in [-0.39, 0.29) is 6.29 Å². The summed E-state index contributed by atoms with van der Waals surface area (Å²) < 4.78 is 10.5. The second kappa shape index (κ2) is 6.72. The monoisotopic (exact) mass is 243 g/mol. The summed E-state index contributed by atoms with van der Waals surface area (Å²) in [5, 5.41) is 0. The van der Waals surface area contributed by atoms with Crippen molar-refractivity contribution < 1.29 is 9.47 Å². The van der Waals surface area contributed by atoms with Crippen molar-refractivity contribution in [2.24, 2.45) is 11.3 Å². The first-order valence-electron chi connectivity index (χ1n) is 6.72. The summed E-state index contributed by atoms with van der Waals surface area (Å²) in [5.74, 6) is 0.898. The number of methoxy groups -OCH3 is 2. The van der Waals surface area contributed by atoms with E-state index in [1.807, 2.05) is 0 Å². The van der Waals surface area contributed by atoms with Crippen LogP contribution in [0, 0.1) is 11.3 Å². The number of hydrogen-bond acceptors (Lipinski definition) is 3. The summed E-state index contributed by atoms with van der Waals surface area (Å²) >= 11 is 0. The number of ether oxygens (including phenoxy) is 2. The van der Waals surface area contributed by atoms with Crippen LogP contribution in [0.5, 0.6) is 0 Å². The molecule has 0 aromatic carbocycles. The van der Waals surface area contributed by atoms with Gasteiger partial charge in [0.1, 0.15) is 0 Å². The fourth-order valence-corrected chi connectivity index (χ4v) is 2.70. The fraction of sp³-hybridized carbons (Fsp3) is 1.00. The van der Waals surface area contributed by atoms with E-state index in [1.54, 1.807) is 14.2 Å². The molecular weight excluding hydrogens is 214 g/mol. The number of hydrogen-bond donors (Lipinski definition) is 0. The lowest BCUT2D eigenvalue weighted by Gasteiger charge is -2.35. The van der Waals surface area contributed by atoms with Crippen LogP contribution in [0.3, 0.4) is 0 Å². The molecule has 0 bridgehead atoms. The Labute approximate surface area is 106 Å². The molecule has 3 nitrogen and oxygen atoms in total. The van der Waals surface area contributed by atoms with Gasteiger partial charge >= 0.3 is 0 Å². The van der Waals surface area contributed by atoms with Crippen molar-refractivity contribution in [2.45, 2.75) is 46.3 Å². The van der Waals surface area contributed by atoms with Crippen LogP contribution in [-0.4, -0.2) is 45.0 Å². The maximum atomic E-state index is 5.25. The molecule has 1 aliphatic heterocycles. The molecule has 0 aliphatic carbocycles. The minimum atomic E-state index is -0.0748. The highest BCUT2D eigenvalue weighted by Crippen LogP contribution is 2.30. The number of rotatable bonds is 5. The second-order valence-electron chi connectivity index (χ2n) is 6.41. The molecule has 0 aromatic heterocycles. The SMILES string of the molecule is COC(CN1CCC(CC(C)(C)C)CC1)OC. The average Bonchev–Trinajstić information content (AvgIpc) is 2.26. The van der Waals surface area contributed by atoms with Crippen LogP contribution in [-0.2, 0) is 9.47 Å². The molecule has 0 saturated carbocycles. The van der Waals surface area contributed by atoms with E-state index >= 15 is 0 Å². The Hall–Kier alpha value is -0.120. The van der Waals surface area contributed by atoms with Crippen LogP contribution in [0.4, 0.5) is 0 Å². The van der Waals surface area contributed by atoms with Crippen LogP contribution in [0.15, 0.2) is 0 Å². The summed E-state index contributed by atoms with van der Waals surface area (Å²) in [6.07, 6.45) is 3.90. The quantitative estimate of drug-likeness (QED) is 0.693. The highest BCUT2D eigenvalue weighted by molar-refractivity contribution is 4.77. The smallest absolute Gasteiger partial charge is 0.169 e. The Morgan fingerprint density at radius 2 is 1.65 bits per heavy atom. The molecular formula is C14H29NO2. The zero-order chi connectivity index (χ0) is 12.9. The Morgan fingerprint density at radius 3 is 2.06 bits per heavy atom. The average molecular weight is 243 g/mol. The standard InChI is InChI=1S/C14H29NO2/c1-14(2,3)10-12-6-8-15(9-7-12)11-13(16-4)17-5/h12-13H,6-11H2,1-5H3. The van der Waals surface area contributed by atoms with Crippen molar-refractivity contribution in [3.8, 4) is 0 Å². The van der Waals surface area contributed by atoms with E-state index in [0.717, 1.165) is 12.5 Å². The van der Waals surface area contributed by atoms with Gasteiger partial charge in [-0.05, 0) is 43.7 Å². The molecule has 1 fully saturated rings. The third-order valence-corrected chi connectivity index (χ3v) is 3.54. The van der Waals surface area contributed by atoms with Gasteiger partial charge in [0, 0.05) is 20.8 Å². The number of likely N-dealkylation sites (tertiary alicyclic amines) is 1. The lowest BCUT2D eigenvalue weighted by atomic mass is 9.80. The van der Waals surface area contributed by atoms with Gasteiger partial charge in [-0.25, -0.2) is 0 Å². The Bertz CT molecular complexity index is 201. The minimum absolute atomic E-state index is 0.0748. The summed E-state index contributed by atoms with van der Waals surface area (Å²) in [6, 6.07) is 0. The highest BCUT2D eigenvalue weighted by Gasteiger charge is 2.24. The molecule has 1 saturated heterocycles. The van der Waals surface area contributed by atoms with Crippen molar-refractivity contribution in [1.82, 2.24) is 4.90 Å². The largest absolute Gasteiger partial charge is 0.355 e. The maximum absolute atomic E-state index is 5.25. The van der Waals surface area contributed by atoms with E-state index in [4.69, 9.17) is 9.47 Å². The van der Waals surface area contributed by atoms with Gasteiger partial charge in [0.2, 0.25) is 0 Å².